The fourth-order valence-electron chi connectivity index (χ4n) is 5.47. The summed E-state index contributed by atoms with van der Waals surface area (Å²) in [4.78, 5) is 0. The predicted molar refractivity (Wildman–Crippen MR) is 185 cm³/mol. The highest BCUT2D eigenvalue weighted by atomic mass is 16.3. The Bertz CT molecular complexity index is 1310. The summed E-state index contributed by atoms with van der Waals surface area (Å²) in [5.41, 5.74) is 9.16. The molecule has 3 N–H and O–H groups in total. The average Bonchev–Trinajstić information content (AvgIpc) is 2.85. The van der Waals surface area contributed by atoms with Gasteiger partial charge in [0.1, 0.15) is 17.2 Å². The van der Waals surface area contributed by atoms with Crippen LogP contribution >= 0.6 is 0 Å². The zero-order chi connectivity index (χ0) is 33.3. The van der Waals surface area contributed by atoms with E-state index >= 15 is 0 Å². The molecule has 3 rings (SSSR count). The number of aromatic hydroxyl groups is 3. The fraction of sp³-hybridized carbons (Fsp3) is 0.550. The number of benzene rings is 3. The smallest absolute Gasteiger partial charge is 0.123 e. The number of rotatable bonds is 4. The quantitative estimate of drug-likeness (QED) is 0.284. The van der Waals surface area contributed by atoms with Crippen molar-refractivity contribution in [3.63, 3.8) is 0 Å². The molecule has 0 aliphatic carbocycles. The number of phenolic OH excluding ortho intramolecular Hbond substituents is 3. The molecule has 0 heterocycles. The van der Waals surface area contributed by atoms with Crippen LogP contribution in [0.1, 0.15) is 147 Å². The second-order valence-electron chi connectivity index (χ2n) is 16.4. The summed E-state index contributed by atoms with van der Waals surface area (Å²) >= 11 is 0. The minimum Gasteiger partial charge on any atom is -0.507 e. The first-order chi connectivity index (χ1) is 19.4. The lowest BCUT2D eigenvalue weighted by molar-refractivity contribution is 0.423. The van der Waals surface area contributed by atoms with Gasteiger partial charge in [-0.05, 0) is 85.9 Å². The predicted octanol–water partition coefficient (Wildman–Crippen LogP) is 10.7. The Morgan fingerprint density at radius 2 is 0.721 bits per heavy atom. The lowest BCUT2D eigenvalue weighted by Gasteiger charge is -2.27. The van der Waals surface area contributed by atoms with Crippen LogP contribution < -0.4 is 0 Å². The summed E-state index contributed by atoms with van der Waals surface area (Å²) in [6, 6.07) is 12.6. The van der Waals surface area contributed by atoms with Gasteiger partial charge < -0.3 is 15.3 Å². The van der Waals surface area contributed by atoms with E-state index in [1.54, 1.807) is 0 Å². The minimum absolute atomic E-state index is 0.0178. The van der Waals surface area contributed by atoms with E-state index < -0.39 is 0 Å². The molecule has 0 fully saturated rings. The van der Waals surface area contributed by atoms with Crippen LogP contribution in [0.5, 0.6) is 17.2 Å². The summed E-state index contributed by atoms with van der Waals surface area (Å²) in [6.45, 7) is 31.9. The van der Waals surface area contributed by atoms with Gasteiger partial charge in [-0.3, -0.25) is 0 Å². The van der Waals surface area contributed by atoms with Crippen molar-refractivity contribution in [1.82, 2.24) is 0 Å². The fourth-order valence-corrected chi connectivity index (χ4v) is 5.47. The van der Waals surface area contributed by atoms with Crippen molar-refractivity contribution in [1.29, 1.82) is 0 Å². The van der Waals surface area contributed by atoms with Crippen molar-refractivity contribution >= 4 is 0 Å². The number of hydrogen-bond donors (Lipinski definition) is 3. The molecule has 0 spiro atoms. The highest BCUT2D eigenvalue weighted by molar-refractivity contribution is 5.53. The topological polar surface area (TPSA) is 60.7 Å². The molecule has 0 bridgehead atoms. The van der Waals surface area contributed by atoms with Gasteiger partial charge in [-0.25, -0.2) is 0 Å². The number of hydrogen-bond acceptors (Lipinski definition) is 3. The van der Waals surface area contributed by atoms with Crippen LogP contribution in [-0.4, -0.2) is 15.3 Å². The zero-order valence-corrected chi connectivity index (χ0v) is 29.9. The second kappa shape index (κ2) is 13.0. The third-order valence-corrected chi connectivity index (χ3v) is 8.18. The van der Waals surface area contributed by atoms with Crippen LogP contribution in [0.15, 0.2) is 36.4 Å². The van der Waals surface area contributed by atoms with Crippen LogP contribution in [0.25, 0.3) is 0 Å². The zero-order valence-electron chi connectivity index (χ0n) is 29.9. The van der Waals surface area contributed by atoms with Gasteiger partial charge in [-0.15, -0.1) is 0 Å². The summed E-state index contributed by atoms with van der Waals surface area (Å²) in [5.74, 6) is 1.18. The highest BCUT2D eigenvalue weighted by Gasteiger charge is 2.26. The second-order valence-corrected chi connectivity index (χ2v) is 16.4. The van der Waals surface area contributed by atoms with Gasteiger partial charge >= 0.3 is 0 Å². The molecule has 3 heteroatoms. The Labute approximate surface area is 263 Å². The van der Waals surface area contributed by atoms with Crippen LogP contribution in [0, 0.1) is 6.92 Å². The van der Waals surface area contributed by atoms with E-state index in [-0.39, 0.29) is 21.7 Å². The molecule has 0 saturated carbocycles. The molecule has 3 aromatic rings. The SMILES string of the molecule is CCc1cc(Cc2cc(CC)cc(C(C)(C)C)c2O)c(O)c(C(C)(C)C)c1.Cc1cc(C(C)(C)C)c(O)c(C(C)(C)C)c1. The molecular weight excluding hydrogens is 528 g/mol. The lowest BCUT2D eigenvalue weighted by Crippen LogP contribution is -2.17. The van der Waals surface area contributed by atoms with Crippen molar-refractivity contribution in [3.8, 4) is 17.2 Å². The van der Waals surface area contributed by atoms with E-state index in [0.717, 1.165) is 46.2 Å². The molecule has 3 nitrogen and oxygen atoms in total. The molecule has 0 amide bonds. The maximum atomic E-state index is 11.0. The Kier molecular flexibility index (Phi) is 10.9. The molecule has 0 saturated heterocycles. The molecule has 0 aromatic heterocycles. The van der Waals surface area contributed by atoms with E-state index in [2.05, 4.69) is 140 Å². The van der Waals surface area contributed by atoms with Gasteiger partial charge in [-0.2, -0.15) is 0 Å². The summed E-state index contributed by atoms with van der Waals surface area (Å²) in [5, 5.41) is 32.3. The first-order valence-corrected chi connectivity index (χ1v) is 16.0. The molecule has 43 heavy (non-hydrogen) atoms. The third-order valence-electron chi connectivity index (χ3n) is 8.18. The third kappa shape index (κ3) is 9.03. The Hall–Kier alpha value is -2.94. The van der Waals surface area contributed by atoms with Crippen LogP contribution in [-0.2, 0) is 40.9 Å². The Morgan fingerprint density at radius 1 is 0.442 bits per heavy atom. The Balaban J connectivity index is 0.000000344. The van der Waals surface area contributed by atoms with E-state index in [1.807, 2.05) is 0 Å². The lowest BCUT2D eigenvalue weighted by atomic mass is 9.78. The largest absolute Gasteiger partial charge is 0.507 e. The van der Waals surface area contributed by atoms with Gasteiger partial charge in [0.15, 0.2) is 0 Å². The minimum atomic E-state index is -0.131. The molecular formula is C40H60O3. The summed E-state index contributed by atoms with van der Waals surface area (Å²) in [7, 11) is 0. The van der Waals surface area contributed by atoms with Crippen molar-refractivity contribution < 1.29 is 15.3 Å². The van der Waals surface area contributed by atoms with Gasteiger partial charge in [0.05, 0.1) is 0 Å². The maximum Gasteiger partial charge on any atom is 0.123 e. The van der Waals surface area contributed by atoms with Crippen molar-refractivity contribution in [2.24, 2.45) is 0 Å². The average molecular weight is 589 g/mol. The van der Waals surface area contributed by atoms with Gasteiger partial charge in [0.25, 0.3) is 0 Å². The highest BCUT2D eigenvalue weighted by Crippen LogP contribution is 2.41. The summed E-state index contributed by atoms with van der Waals surface area (Å²) in [6.07, 6.45) is 2.38. The van der Waals surface area contributed by atoms with Gasteiger partial charge in [0.2, 0.25) is 0 Å². The standard InChI is InChI=1S/C25H36O2.C15H24O/c1-9-16-11-18(22(26)20(13-16)24(3,4)5)15-19-12-17(10-2)14-21(23(19)27)25(6,7)8;1-10-8-11(14(2,3)4)13(16)12(9-10)15(5,6)7/h11-14,26-27H,9-10,15H2,1-8H3;8-9,16H,1-7H3. The van der Waals surface area contributed by atoms with E-state index in [9.17, 15) is 15.3 Å². The first kappa shape index (κ1) is 36.3. The number of aryl methyl sites for hydroxylation is 3. The maximum absolute atomic E-state index is 11.0. The molecule has 0 radical (unpaired) electrons. The number of phenols is 3. The van der Waals surface area contributed by atoms with Crippen molar-refractivity contribution in [2.75, 3.05) is 0 Å². The molecule has 0 aliphatic rings. The van der Waals surface area contributed by atoms with Crippen LogP contribution in [0.3, 0.4) is 0 Å². The van der Waals surface area contributed by atoms with Crippen LogP contribution in [0.4, 0.5) is 0 Å². The van der Waals surface area contributed by atoms with Gasteiger partial charge in [0, 0.05) is 6.42 Å². The molecule has 238 valence electrons. The monoisotopic (exact) mass is 588 g/mol. The Morgan fingerprint density at radius 3 is 0.977 bits per heavy atom. The van der Waals surface area contributed by atoms with E-state index in [0.29, 0.717) is 23.7 Å². The first-order valence-electron chi connectivity index (χ1n) is 16.0. The molecule has 0 aliphatic heterocycles. The molecule has 0 atom stereocenters. The molecule has 3 aromatic carbocycles. The molecule has 0 unspecified atom stereocenters. The normalized spacial score (nSPS) is 12.6. The van der Waals surface area contributed by atoms with Crippen molar-refractivity contribution in [3.05, 3.63) is 86.5 Å². The van der Waals surface area contributed by atoms with Crippen molar-refractivity contribution in [2.45, 2.75) is 145 Å². The van der Waals surface area contributed by atoms with E-state index in [4.69, 9.17) is 0 Å². The summed E-state index contributed by atoms with van der Waals surface area (Å²) < 4.78 is 0. The van der Waals surface area contributed by atoms with Gasteiger partial charge in [-0.1, -0.05) is 139 Å². The van der Waals surface area contributed by atoms with E-state index in [1.165, 1.54) is 16.7 Å². The van der Waals surface area contributed by atoms with Crippen LogP contribution in [0.2, 0.25) is 0 Å².